The molecule has 0 saturated carbocycles. The predicted molar refractivity (Wildman–Crippen MR) is 97.8 cm³/mol. The first-order chi connectivity index (χ1) is 12.4. The van der Waals surface area contributed by atoms with Crippen molar-refractivity contribution in [2.45, 2.75) is 39.5 Å². The molecule has 0 radical (unpaired) electrons. The second-order valence-corrected chi connectivity index (χ2v) is 6.75. The van der Waals surface area contributed by atoms with Crippen LogP contribution in [0.15, 0.2) is 24.3 Å². The fourth-order valence-corrected chi connectivity index (χ4v) is 2.91. The molecule has 2 rings (SSSR count). The molecule has 2 amide bonds. The molecule has 1 aromatic rings. The highest BCUT2D eigenvalue weighted by atomic mass is 16.2. The van der Waals surface area contributed by atoms with Crippen LogP contribution in [0.4, 0.5) is 0 Å². The minimum atomic E-state index is -0.0544. The van der Waals surface area contributed by atoms with Crippen LogP contribution in [0.5, 0.6) is 0 Å². The van der Waals surface area contributed by atoms with Crippen LogP contribution in [0.2, 0.25) is 0 Å². The summed E-state index contributed by atoms with van der Waals surface area (Å²) in [5.74, 6) is -0.120. The minimum Gasteiger partial charge on any atom is -0.339 e. The highest BCUT2D eigenvalue weighted by Gasteiger charge is 2.24. The van der Waals surface area contributed by atoms with Crippen LogP contribution in [0.1, 0.15) is 48.5 Å². The average Bonchev–Trinajstić information content (AvgIpc) is 2.64. The van der Waals surface area contributed by atoms with Crippen molar-refractivity contribution < 1.29 is 19.2 Å². The summed E-state index contributed by atoms with van der Waals surface area (Å²) in [5, 5.41) is 0. The van der Waals surface area contributed by atoms with Crippen molar-refractivity contribution in [3.05, 3.63) is 35.4 Å². The van der Waals surface area contributed by atoms with Crippen molar-refractivity contribution in [1.82, 2.24) is 9.80 Å². The number of Topliss-reactive ketones (excluding diaryl/α,β-unsaturated/α-hetero) is 2. The number of piperazine rings is 1. The lowest BCUT2D eigenvalue weighted by Crippen LogP contribution is -2.50. The molecule has 0 spiro atoms. The van der Waals surface area contributed by atoms with E-state index < -0.39 is 0 Å². The summed E-state index contributed by atoms with van der Waals surface area (Å²) in [7, 11) is 0. The Morgan fingerprint density at radius 1 is 0.769 bits per heavy atom. The molecular formula is C20H26N2O4. The molecule has 6 nitrogen and oxygen atoms in total. The van der Waals surface area contributed by atoms with Crippen molar-refractivity contribution in [2.24, 2.45) is 0 Å². The van der Waals surface area contributed by atoms with Crippen molar-refractivity contribution in [1.29, 1.82) is 0 Å². The lowest BCUT2D eigenvalue weighted by molar-refractivity contribution is -0.140. The van der Waals surface area contributed by atoms with Gasteiger partial charge in [0.2, 0.25) is 11.8 Å². The number of rotatable bonds is 7. The summed E-state index contributed by atoms with van der Waals surface area (Å²) in [6.45, 7) is 5.35. The Morgan fingerprint density at radius 2 is 1.23 bits per heavy atom. The first-order valence-corrected chi connectivity index (χ1v) is 9.01. The number of nitrogens with zero attached hydrogens (tertiary/aromatic N) is 2. The molecule has 1 aliphatic heterocycles. The van der Waals surface area contributed by atoms with E-state index in [9.17, 15) is 19.2 Å². The Labute approximate surface area is 154 Å². The van der Waals surface area contributed by atoms with Crippen LogP contribution in [0.3, 0.4) is 0 Å². The maximum absolute atomic E-state index is 12.3. The topological polar surface area (TPSA) is 74.8 Å². The van der Waals surface area contributed by atoms with Crippen LogP contribution in [0, 0.1) is 6.92 Å². The van der Waals surface area contributed by atoms with Crippen LogP contribution in [0.25, 0.3) is 0 Å². The molecule has 26 heavy (non-hydrogen) atoms. The smallest absolute Gasteiger partial charge is 0.223 e. The van der Waals surface area contributed by atoms with Gasteiger partial charge in [0.25, 0.3) is 0 Å². The Balaban J connectivity index is 1.74. The molecular weight excluding hydrogens is 332 g/mol. The second kappa shape index (κ2) is 9.27. The quantitative estimate of drug-likeness (QED) is 0.699. The summed E-state index contributed by atoms with van der Waals surface area (Å²) >= 11 is 0. The van der Waals surface area contributed by atoms with E-state index in [-0.39, 0.29) is 49.1 Å². The van der Waals surface area contributed by atoms with Crippen molar-refractivity contribution in [2.75, 3.05) is 26.2 Å². The van der Waals surface area contributed by atoms with Gasteiger partial charge in [-0.25, -0.2) is 0 Å². The van der Waals surface area contributed by atoms with Gasteiger partial charge in [0.1, 0.15) is 5.78 Å². The second-order valence-electron chi connectivity index (χ2n) is 6.75. The number of benzene rings is 1. The molecule has 1 fully saturated rings. The molecule has 1 heterocycles. The number of carbonyl (C=O) groups is 4. The standard InChI is InChI=1S/C20H26N2O4/c1-15-3-6-17(7-4-15)18(24)8-10-20(26)22-13-11-21(12-14-22)19(25)9-5-16(2)23/h3-4,6-7H,5,8-14H2,1-2H3. The van der Waals surface area contributed by atoms with E-state index in [1.165, 1.54) is 6.92 Å². The van der Waals surface area contributed by atoms with Crippen molar-refractivity contribution in [3.63, 3.8) is 0 Å². The van der Waals surface area contributed by atoms with Crippen LogP contribution in [-0.2, 0) is 14.4 Å². The normalized spacial score (nSPS) is 14.2. The fraction of sp³-hybridized carbons (Fsp3) is 0.500. The third-order valence-corrected chi connectivity index (χ3v) is 4.62. The third-order valence-electron chi connectivity index (χ3n) is 4.62. The number of amides is 2. The molecule has 0 aromatic heterocycles. The van der Waals surface area contributed by atoms with Gasteiger partial charge in [0.15, 0.2) is 5.78 Å². The maximum Gasteiger partial charge on any atom is 0.223 e. The summed E-state index contributed by atoms with van der Waals surface area (Å²) < 4.78 is 0. The highest BCUT2D eigenvalue weighted by molar-refractivity contribution is 5.98. The zero-order chi connectivity index (χ0) is 19.1. The third kappa shape index (κ3) is 5.79. The van der Waals surface area contributed by atoms with Gasteiger partial charge in [-0.05, 0) is 13.8 Å². The molecule has 0 atom stereocenters. The molecule has 1 saturated heterocycles. The summed E-state index contributed by atoms with van der Waals surface area (Å²) in [6.07, 6.45) is 0.873. The van der Waals surface area contributed by atoms with Gasteiger partial charge >= 0.3 is 0 Å². The summed E-state index contributed by atoms with van der Waals surface area (Å²) in [4.78, 5) is 50.8. The SMILES string of the molecule is CC(=O)CCC(=O)N1CCN(C(=O)CCC(=O)c2ccc(C)cc2)CC1. The lowest BCUT2D eigenvalue weighted by Gasteiger charge is -2.34. The molecule has 1 aromatic carbocycles. The van der Waals surface area contributed by atoms with E-state index in [1.54, 1.807) is 21.9 Å². The number of carbonyl (C=O) groups excluding carboxylic acids is 4. The first-order valence-electron chi connectivity index (χ1n) is 9.01. The predicted octanol–water partition coefficient (Wildman–Crippen LogP) is 2.00. The van der Waals surface area contributed by atoms with E-state index in [4.69, 9.17) is 0 Å². The Bertz CT molecular complexity index is 674. The Kier molecular flexibility index (Phi) is 7.06. The number of hydrogen-bond donors (Lipinski definition) is 0. The molecule has 0 N–H and O–H groups in total. The van der Waals surface area contributed by atoms with Crippen LogP contribution < -0.4 is 0 Å². The largest absolute Gasteiger partial charge is 0.339 e. The van der Waals surface area contributed by atoms with E-state index in [0.717, 1.165) is 5.56 Å². The van der Waals surface area contributed by atoms with E-state index in [2.05, 4.69) is 0 Å². The van der Waals surface area contributed by atoms with Gasteiger partial charge in [-0.1, -0.05) is 29.8 Å². The van der Waals surface area contributed by atoms with Gasteiger partial charge in [-0.2, -0.15) is 0 Å². The lowest BCUT2D eigenvalue weighted by atomic mass is 10.0. The molecule has 0 aliphatic carbocycles. The Morgan fingerprint density at radius 3 is 1.69 bits per heavy atom. The van der Waals surface area contributed by atoms with Gasteiger partial charge in [0, 0.05) is 57.4 Å². The minimum absolute atomic E-state index is 0.00501. The van der Waals surface area contributed by atoms with Gasteiger partial charge in [-0.15, -0.1) is 0 Å². The van der Waals surface area contributed by atoms with Crippen LogP contribution >= 0.6 is 0 Å². The number of aryl methyl sites for hydroxylation is 1. The van der Waals surface area contributed by atoms with Crippen molar-refractivity contribution >= 4 is 23.4 Å². The van der Waals surface area contributed by atoms with Crippen molar-refractivity contribution in [3.8, 4) is 0 Å². The maximum atomic E-state index is 12.3. The van der Waals surface area contributed by atoms with E-state index in [1.807, 2.05) is 19.1 Å². The fourth-order valence-electron chi connectivity index (χ4n) is 2.91. The van der Waals surface area contributed by atoms with Crippen LogP contribution in [-0.4, -0.2) is 59.4 Å². The highest BCUT2D eigenvalue weighted by Crippen LogP contribution is 2.11. The summed E-state index contributed by atoms with van der Waals surface area (Å²) in [5.41, 5.74) is 1.72. The van der Waals surface area contributed by atoms with Gasteiger partial charge in [-0.3, -0.25) is 14.4 Å². The van der Waals surface area contributed by atoms with E-state index >= 15 is 0 Å². The molecule has 140 valence electrons. The Hall–Kier alpha value is -2.50. The molecule has 1 aliphatic rings. The number of ketones is 2. The zero-order valence-corrected chi connectivity index (χ0v) is 15.5. The zero-order valence-electron chi connectivity index (χ0n) is 15.5. The molecule has 0 bridgehead atoms. The van der Waals surface area contributed by atoms with Gasteiger partial charge in [0.05, 0.1) is 0 Å². The molecule has 6 heteroatoms. The number of hydrogen-bond acceptors (Lipinski definition) is 4. The first kappa shape index (κ1) is 19.8. The van der Waals surface area contributed by atoms with E-state index in [0.29, 0.717) is 31.7 Å². The van der Waals surface area contributed by atoms with Gasteiger partial charge < -0.3 is 14.6 Å². The summed E-state index contributed by atoms with van der Waals surface area (Å²) in [6, 6.07) is 7.34. The molecule has 0 unspecified atom stereocenters. The average molecular weight is 358 g/mol. The monoisotopic (exact) mass is 358 g/mol.